The minimum absolute atomic E-state index is 0.0964. The predicted molar refractivity (Wildman–Crippen MR) is 162 cm³/mol. The van der Waals surface area contributed by atoms with E-state index in [9.17, 15) is 14.4 Å². The summed E-state index contributed by atoms with van der Waals surface area (Å²) in [5, 5.41) is 14.3. The summed E-state index contributed by atoms with van der Waals surface area (Å²) in [6, 6.07) is 27.8. The van der Waals surface area contributed by atoms with Crippen LogP contribution in [0.3, 0.4) is 0 Å². The fourth-order valence-corrected chi connectivity index (χ4v) is 5.35. The first kappa shape index (κ1) is 29.2. The molecule has 1 unspecified atom stereocenters. The quantitative estimate of drug-likeness (QED) is 0.246. The Kier molecular flexibility index (Phi) is 9.19. The van der Waals surface area contributed by atoms with Gasteiger partial charge in [-0.15, -0.1) is 0 Å². The second kappa shape index (κ2) is 13.5. The molecule has 2 atom stereocenters. The molecule has 1 aromatic heterocycles. The van der Waals surface area contributed by atoms with Gasteiger partial charge < -0.3 is 19.8 Å². The van der Waals surface area contributed by atoms with Crippen molar-refractivity contribution in [3.63, 3.8) is 0 Å². The van der Waals surface area contributed by atoms with Crippen LogP contribution in [0, 0.1) is 11.3 Å². The average Bonchev–Trinajstić information content (AvgIpc) is 3.65. The third kappa shape index (κ3) is 7.49. The molecule has 1 aliphatic rings. The summed E-state index contributed by atoms with van der Waals surface area (Å²) in [4.78, 5) is 44.6. The molecule has 43 heavy (non-hydrogen) atoms. The summed E-state index contributed by atoms with van der Waals surface area (Å²) in [5.41, 5.74) is 3.21. The zero-order valence-electron chi connectivity index (χ0n) is 23.1. The molecule has 0 bridgehead atoms. The highest BCUT2D eigenvalue weighted by Crippen LogP contribution is 2.41. The van der Waals surface area contributed by atoms with Gasteiger partial charge in [-0.25, -0.2) is 9.79 Å². The van der Waals surface area contributed by atoms with Crippen molar-refractivity contribution >= 4 is 46.2 Å². The molecule has 5 rings (SSSR count). The van der Waals surface area contributed by atoms with E-state index in [2.05, 4.69) is 21.7 Å². The number of nitrogens with one attached hydrogen (secondary N) is 2. The topological polar surface area (TPSA) is 137 Å². The molecular formula is C32H27N5O5S. The lowest BCUT2D eigenvalue weighted by molar-refractivity contribution is -0.126. The van der Waals surface area contributed by atoms with E-state index in [0.717, 1.165) is 11.1 Å². The molecule has 2 heterocycles. The highest BCUT2D eigenvalue weighted by atomic mass is 32.2. The van der Waals surface area contributed by atoms with Crippen molar-refractivity contribution in [1.82, 2.24) is 10.2 Å². The van der Waals surface area contributed by atoms with Gasteiger partial charge in [0.1, 0.15) is 23.7 Å². The van der Waals surface area contributed by atoms with Crippen molar-refractivity contribution in [3.05, 3.63) is 120 Å². The van der Waals surface area contributed by atoms with Crippen molar-refractivity contribution in [2.75, 3.05) is 5.32 Å². The summed E-state index contributed by atoms with van der Waals surface area (Å²) in [5.74, 6) is 0.0430. The van der Waals surface area contributed by atoms with Gasteiger partial charge in [0, 0.05) is 5.69 Å². The van der Waals surface area contributed by atoms with Gasteiger partial charge in [0.2, 0.25) is 11.8 Å². The fraction of sp³-hybridized carbons (Fsp3) is 0.156. The number of amides is 3. The van der Waals surface area contributed by atoms with Crippen molar-refractivity contribution in [1.29, 1.82) is 5.26 Å². The first-order valence-corrected chi connectivity index (χ1v) is 14.2. The van der Waals surface area contributed by atoms with Crippen molar-refractivity contribution in [2.24, 2.45) is 4.99 Å². The van der Waals surface area contributed by atoms with E-state index in [1.165, 1.54) is 11.8 Å². The third-order valence-corrected chi connectivity index (χ3v) is 7.71. The molecule has 216 valence electrons. The van der Waals surface area contributed by atoms with Gasteiger partial charge in [-0.1, -0.05) is 54.2 Å². The minimum Gasteiger partial charge on any atom is -0.467 e. The van der Waals surface area contributed by atoms with Crippen LogP contribution in [0.25, 0.3) is 0 Å². The summed E-state index contributed by atoms with van der Waals surface area (Å²) in [6.45, 7) is 1.88. The number of carbonyl (C=O) groups is 3. The van der Waals surface area contributed by atoms with Crippen LogP contribution in [0.1, 0.15) is 34.6 Å². The largest absolute Gasteiger partial charge is 0.467 e. The summed E-state index contributed by atoms with van der Waals surface area (Å²) in [7, 11) is 0. The number of carbonyl (C=O) groups excluding carboxylic acids is 3. The van der Waals surface area contributed by atoms with E-state index in [0.29, 0.717) is 27.9 Å². The van der Waals surface area contributed by atoms with E-state index < -0.39 is 23.3 Å². The normalized spacial score (nSPS) is 16.0. The van der Waals surface area contributed by atoms with E-state index in [1.807, 2.05) is 30.3 Å². The van der Waals surface area contributed by atoms with Crippen molar-refractivity contribution < 1.29 is 23.5 Å². The molecule has 1 aliphatic heterocycles. The van der Waals surface area contributed by atoms with Crippen molar-refractivity contribution in [2.45, 2.75) is 31.4 Å². The number of benzene rings is 3. The van der Waals surface area contributed by atoms with E-state index in [1.54, 1.807) is 78.8 Å². The van der Waals surface area contributed by atoms with Crippen LogP contribution in [-0.4, -0.2) is 34.0 Å². The van der Waals surface area contributed by atoms with Crippen LogP contribution in [0.5, 0.6) is 0 Å². The van der Waals surface area contributed by atoms with Gasteiger partial charge in [0.15, 0.2) is 5.17 Å². The van der Waals surface area contributed by atoms with Crippen LogP contribution in [0.15, 0.2) is 107 Å². The maximum Gasteiger partial charge on any atom is 0.408 e. The Balaban J connectivity index is 1.23. The molecule has 0 saturated carbocycles. The first-order valence-electron chi connectivity index (χ1n) is 13.4. The molecule has 1 saturated heterocycles. The van der Waals surface area contributed by atoms with Gasteiger partial charge in [0.25, 0.3) is 0 Å². The molecule has 11 heteroatoms. The number of amidine groups is 1. The van der Waals surface area contributed by atoms with Crippen molar-refractivity contribution in [3.8, 4) is 6.07 Å². The Bertz CT molecular complexity index is 1650. The molecular weight excluding hydrogens is 566 g/mol. The molecule has 0 radical (unpaired) electrons. The molecule has 10 nitrogen and oxygen atoms in total. The summed E-state index contributed by atoms with van der Waals surface area (Å²) < 4.78 is 10.7. The predicted octanol–water partition coefficient (Wildman–Crippen LogP) is 5.91. The van der Waals surface area contributed by atoms with E-state index in [-0.39, 0.29) is 19.1 Å². The average molecular weight is 594 g/mol. The highest BCUT2D eigenvalue weighted by molar-refractivity contribution is 8.15. The van der Waals surface area contributed by atoms with Gasteiger partial charge in [-0.05, 0) is 66.6 Å². The molecule has 2 N–H and O–H groups in total. The van der Waals surface area contributed by atoms with E-state index in [4.69, 9.17) is 14.4 Å². The lowest BCUT2D eigenvalue weighted by atomic mass is 10.1. The SMILES string of the molecule is C[C@@H](NC(=O)OCc1ccccc1)C(=O)Nc1ccc(C2SC(=Nc3ccc(C#N)cc3)N(Cc3ccco3)C2=O)cc1. The Morgan fingerprint density at radius 3 is 2.47 bits per heavy atom. The Morgan fingerprint density at radius 1 is 1.05 bits per heavy atom. The summed E-state index contributed by atoms with van der Waals surface area (Å²) >= 11 is 1.31. The highest BCUT2D eigenvalue weighted by Gasteiger charge is 2.39. The lowest BCUT2D eigenvalue weighted by Crippen LogP contribution is -2.41. The molecule has 0 spiro atoms. The number of anilines is 1. The lowest BCUT2D eigenvalue weighted by Gasteiger charge is -2.16. The van der Waals surface area contributed by atoms with Crippen LogP contribution in [0.4, 0.5) is 16.2 Å². The number of furan rings is 1. The zero-order valence-corrected chi connectivity index (χ0v) is 23.9. The molecule has 3 aromatic carbocycles. The Hall–Kier alpha value is -5.34. The molecule has 4 aromatic rings. The van der Waals surface area contributed by atoms with Gasteiger partial charge >= 0.3 is 6.09 Å². The molecule has 3 amide bonds. The standard InChI is InChI=1S/C32H27N5O5S/c1-21(34-32(40)42-20-23-6-3-2-4-7-23)29(38)35-25-15-11-24(12-16-25)28-30(39)37(19-27-8-5-17-41-27)31(43-28)36-26-13-9-22(18-33)10-14-26/h2-17,21,28H,19-20H2,1H3,(H,34,40)(H,35,38)/t21-,28?/m1/s1. The van der Waals surface area contributed by atoms with E-state index >= 15 is 0 Å². The monoisotopic (exact) mass is 593 g/mol. The number of nitrogens with zero attached hydrogens (tertiary/aromatic N) is 3. The van der Waals surface area contributed by atoms with Gasteiger partial charge in [0.05, 0.1) is 30.1 Å². The number of ether oxygens (including phenoxy) is 1. The van der Waals surface area contributed by atoms with Crippen LogP contribution < -0.4 is 10.6 Å². The molecule has 1 fully saturated rings. The van der Waals surface area contributed by atoms with Gasteiger partial charge in [-0.2, -0.15) is 5.26 Å². The number of alkyl carbamates (subject to hydrolysis) is 1. The fourth-order valence-electron chi connectivity index (χ4n) is 4.18. The number of hydrogen-bond acceptors (Lipinski definition) is 8. The Labute approximate surface area is 252 Å². The smallest absolute Gasteiger partial charge is 0.408 e. The Morgan fingerprint density at radius 2 is 1.79 bits per heavy atom. The van der Waals surface area contributed by atoms with Crippen LogP contribution >= 0.6 is 11.8 Å². The van der Waals surface area contributed by atoms with Crippen LogP contribution in [-0.2, 0) is 27.5 Å². The maximum atomic E-state index is 13.5. The summed E-state index contributed by atoms with van der Waals surface area (Å²) in [6.07, 6.45) is 0.853. The number of hydrogen-bond donors (Lipinski definition) is 2. The molecule has 0 aliphatic carbocycles. The van der Waals surface area contributed by atoms with Gasteiger partial charge in [-0.3, -0.25) is 14.5 Å². The number of thioether (sulfide) groups is 1. The second-order valence-corrected chi connectivity index (χ2v) is 10.7. The first-order chi connectivity index (χ1) is 20.9. The third-order valence-electron chi connectivity index (χ3n) is 6.48. The number of aliphatic imine (C=N–C) groups is 1. The second-order valence-electron chi connectivity index (χ2n) is 9.59. The zero-order chi connectivity index (χ0) is 30.2. The number of rotatable bonds is 9. The number of nitriles is 1. The van der Waals surface area contributed by atoms with Crippen LogP contribution in [0.2, 0.25) is 0 Å². The minimum atomic E-state index is -0.842. The maximum absolute atomic E-state index is 13.5.